The van der Waals surface area contributed by atoms with Gasteiger partial charge in [0.25, 0.3) is 5.91 Å². The molecule has 0 radical (unpaired) electrons. The molecule has 0 saturated carbocycles. The number of hydrogen-bond acceptors (Lipinski definition) is 3. The minimum atomic E-state index is -0.317. The van der Waals surface area contributed by atoms with Crippen LogP contribution in [0.3, 0.4) is 0 Å². The lowest BCUT2D eigenvalue weighted by molar-refractivity contribution is -0.143. The standard InChI is InChI=1S/C18H27NO3/c1-4-22-14(2)18(20)19-11-9-16(10-12-19)13-15-5-7-17(21-3)8-6-15/h5-8,14,16H,4,9-13H2,1-3H3/t14-/m0/s1. The maximum Gasteiger partial charge on any atom is 0.251 e. The molecule has 122 valence electrons. The average molecular weight is 305 g/mol. The first kappa shape index (κ1) is 16.8. The van der Waals surface area contributed by atoms with Gasteiger partial charge in [-0.15, -0.1) is 0 Å². The van der Waals surface area contributed by atoms with Crippen LogP contribution >= 0.6 is 0 Å². The van der Waals surface area contributed by atoms with Crippen LogP contribution in [0.4, 0.5) is 0 Å². The summed E-state index contributed by atoms with van der Waals surface area (Å²) >= 11 is 0. The highest BCUT2D eigenvalue weighted by Gasteiger charge is 2.26. The minimum absolute atomic E-state index is 0.129. The minimum Gasteiger partial charge on any atom is -0.497 e. The maximum atomic E-state index is 12.2. The van der Waals surface area contributed by atoms with E-state index in [1.807, 2.05) is 30.9 Å². The van der Waals surface area contributed by atoms with E-state index in [2.05, 4.69) is 12.1 Å². The summed E-state index contributed by atoms with van der Waals surface area (Å²) in [5, 5.41) is 0. The number of nitrogens with zero attached hydrogens (tertiary/aromatic N) is 1. The second kappa shape index (κ2) is 8.18. The molecule has 1 aromatic carbocycles. The van der Waals surface area contributed by atoms with Crippen molar-refractivity contribution in [3.05, 3.63) is 29.8 Å². The van der Waals surface area contributed by atoms with E-state index < -0.39 is 0 Å². The van der Waals surface area contributed by atoms with Gasteiger partial charge in [-0.2, -0.15) is 0 Å². The number of ether oxygens (including phenoxy) is 2. The van der Waals surface area contributed by atoms with Gasteiger partial charge in [-0.3, -0.25) is 4.79 Å². The van der Waals surface area contributed by atoms with Crippen LogP contribution in [-0.2, 0) is 16.0 Å². The monoisotopic (exact) mass is 305 g/mol. The Bertz CT molecular complexity index is 464. The zero-order valence-corrected chi connectivity index (χ0v) is 13.9. The Balaban J connectivity index is 1.80. The Kier molecular flexibility index (Phi) is 6.25. The van der Waals surface area contributed by atoms with Gasteiger partial charge in [-0.25, -0.2) is 0 Å². The molecule has 4 heteroatoms. The number of piperidine rings is 1. The van der Waals surface area contributed by atoms with Crippen LogP contribution < -0.4 is 4.74 Å². The smallest absolute Gasteiger partial charge is 0.251 e. The van der Waals surface area contributed by atoms with Gasteiger partial charge in [0.1, 0.15) is 11.9 Å². The van der Waals surface area contributed by atoms with Crippen LogP contribution in [0.5, 0.6) is 5.75 Å². The van der Waals surface area contributed by atoms with Crippen LogP contribution in [0.25, 0.3) is 0 Å². The van der Waals surface area contributed by atoms with Crippen LogP contribution in [0.15, 0.2) is 24.3 Å². The second-order valence-electron chi connectivity index (χ2n) is 5.92. The van der Waals surface area contributed by atoms with Gasteiger partial charge in [0.15, 0.2) is 0 Å². The Hall–Kier alpha value is -1.55. The molecule has 2 rings (SSSR count). The van der Waals surface area contributed by atoms with Gasteiger partial charge in [0.2, 0.25) is 0 Å². The molecule has 1 aliphatic rings. The van der Waals surface area contributed by atoms with Crippen molar-refractivity contribution in [1.82, 2.24) is 4.90 Å². The molecule has 1 fully saturated rings. The molecule has 0 bridgehead atoms. The summed E-state index contributed by atoms with van der Waals surface area (Å²) in [6.07, 6.45) is 2.89. The number of benzene rings is 1. The van der Waals surface area contributed by atoms with Crippen molar-refractivity contribution in [3.63, 3.8) is 0 Å². The highest BCUT2D eigenvalue weighted by atomic mass is 16.5. The molecule has 0 aromatic heterocycles. The van der Waals surface area contributed by atoms with Crippen molar-refractivity contribution in [1.29, 1.82) is 0 Å². The van der Waals surface area contributed by atoms with E-state index in [9.17, 15) is 4.79 Å². The van der Waals surface area contributed by atoms with Crippen molar-refractivity contribution in [2.24, 2.45) is 5.92 Å². The molecule has 1 aromatic rings. The molecule has 0 unspecified atom stereocenters. The number of carbonyl (C=O) groups excluding carboxylic acids is 1. The fraction of sp³-hybridized carbons (Fsp3) is 0.611. The first-order valence-electron chi connectivity index (χ1n) is 8.17. The Morgan fingerprint density at radius 3 is 2.45 bits per heavy atom. The van der Waals surface area contributed by atoms with Gasteiger partial charge in [0.05, 0.1) is 7.11 Å². The largest absolute Gasteiger partial charge is 0.497 e. The van der Waals surface area contributed by atoms with Crippen molar-refractivity contribution in [2.75, 3.05) is 26.8 Å². The van der Waals surface area contributed by atoms with Gasteiger partial charge >= 0.3 is 0 Å². The molecule has 22 heavy (non-hydrogen) atoms. The predicted molar refractivity (Wildman–Crippen MR) is 87.1 cm³/mol. The Labute approximate surface area is 133 Å². The molecule has 0 aliphatic carbocycles. The summed E-state index contributed by atoms with van der Waals surface area (Å²) < 4.78 is 10.6. The fourth-order valence-corrected chi connectivity index (χ4v) is 3.03. The van der Waals surface area contributed by atoms with E-state index in [0.29, 0.717) is 12.5 Å². The highest BCUT2D eigenvalue weighted by molar-refractivity contribution is 5.80. The van der Waals surface area contributed by atoms with E-state index in [-0.39, 0.29) is 12.0 Å². The summed E-state index contributed by atoms with van der Waals surface area (Å²) in [5.74, 6) is 1.68. The van der Waals surface area contributed by atoms with Crippen LogP contribution in [0.2, 0.25) is 0 Å². The first-order valence-corrected chi connectivity index (χ1v) is 8.17. The molecule has 1 amide bonds. The number of carbonyl (C=O) groups is 1. The first-order chi connectivity index (χ1) is 10.6. The van der Waals surface area contributed by atoms with Crippen molar-refractivity contribution in [3.8, 4) is 5.75 Å². The van der Waals surface area contributed by atoms with Gasteiger partial charge in [-0.1, -0.05) is 12.1 Å². The topological polar surface area (TPSA) is 38.8 Å². The van der Waals surface area contributed by atoms with E-state index in [0.717, 1.165) is 38.1 Å². The third-order valence-electron chi connectivity index (χ3n) is 4.37. The van der Waals surface area contributed by atoms with Gasteiger partial charge in [0, 0.05) is 19.7 Å². The third kappa shape index (κ3) is 4.47. The fourth-order valence-electron chi connectivity index (χ4n) is 3.03. The lowest BCUT2D eigenvalue weighted by Crippen LogP contribution is -2.44. The van der Waals surface area contributed by atoms with E-state index >= 15 is 0 Å². The molecule has 4 nitrogen and oxygen atoms in total. The molecule has 1 heterocycles. The zero-order chi connectivity index (χ0) is 15.9. The summed E-state index contributed by atoms with van der Waals surface area (Å²) in [7, 11) is 1.69. The van der Waals surface area contributed by atoms with Crippen molar-refractivity contribution in [2.45, 2.75) is 39.2 Å². The molecule has 1 saturated heterocycles. The summed E-state index contributed by atoms with van der Waals surface area (Å²) in [5.41, 5.74) is 1.34. The molecular weight excluding hydrogens is 278 g/mol. The summed E-state index contributed by atoms with van der Waals surface area (Å²) in [6, 6.07) is 8.29. The van der Waals surface area contributed by atoms with Gasteiger partial charge in [-0.05, 0) is 56.7 Å². The Morgan fingerprint density at radius 2 is 1.91 bits per heavy atom. The highest BCUT2D eigenvalue weighted by Crippen LogP contribution is 2.23. The molecule has 1 aliphatic heterocycles. The number of likely N-dealkylation sites (tertiary alicyclic amines) is 1. The predicted octanol–water partition coefficient (Wildman–Crippen LogP) is 2.90. The molecule has 1 atom stereocenters. The van der Waals surface area contributed by atoms with Crippen molar-refractivity contribution < 1.29 is 14.3 Å². The van der Waals surface area contributed by atoms with E-state index in [1.54, 1.807) is 7.11 Å². The normalized spacial score (nSPS) is 17.3. The lowest BCUT2D eigenvalue weighted by atomic mass is 9.90. The SMILES string of the molecule is CCO[C@@H](C)C(=O)N1CCC(Cc2ccc(OC)cc2)CC1. The summed E-state index contributed by atoms with van der Waals surface area (Å²) in [6.45, 7) is 6.04. The lowest BCUT2D eigenvalue weighted by Gasteiger charge is -2.33. The zero-order valence-electron chi connectivity index (χ0n) is 13.9. The summed E-state index contributed by atoms with van der Waals surface area (Å²) in [4.78, 5) is 14.2. The van der Waals surface area contributed by atoms with Crippen LogP contribution in [0.1, 0.15) is 32.3 Å². The molecule has 0 spiro atoms. The average Bonchev–Trinajstić information content (AvgIpc) is 2.56. The number of rotatable bonds is 6. The van der Waals surface area contributed by atoms with E-state index in [1.165, 1.54) is 5.56 Å². The molecule has 0 N–H and O–H groups in total. The van der Waals surface area contributed by atoms with Crippen molar-refractivity contribution >= 4 is 5.91 Å². The number of methoxy groups -OCH3 is 1. The molecular formula is C18H27NO3. The van der Waals surface area contributed by atoms with Gasteiger partial charge < -0.3 is 14.4 Å². The van der Waals surface area contributed by atoms with Crippen LogP contribution in [-0.4, -0.2) is 43.7 Å². The Morgan fingerprint density at radius 1 is 1.27 bits per heavy atom. The van der Waals surface area contributed by atoms with E-state index in [4.69, 9.17) is 9.47 Å². The van der Waals surface area contributed by atoms with Crippen LogP contribution in [0, 0.1) is 5.92 Å². The number of amides is 1. The maximum absolute atomic E-state index is 12.2. The second-order valence-corrected chi connectivity index (χ2v) is 5.92. The quantitative estimate of drug-likeness (QED) is 0.811. The number of hydrogen-bond donors (Lipinski definition) is 0. The third-order valence-corrected chi connectivity index (χ3v) is 4.37.